The van der Waals surface area contributed by atoms with E-state index in [-0.39, 0.29) is 0 Å². The highest BCUT2D eigenvalue weighted by Crippen LogP contribution is 2.30. The molecule has 1 aliphatic carbocycles. The zero-order valence-electron chi connectivity index (χ0n) is 9.10. The van der Waals surface area contributed by atoms with Crippen molar-refractivity contribution in [3.8, 4) is 0 Å². The first kappa shape index (κ1) is 11.0. The van der Waals surface area contributed by atoms with Crippen LogP contribution in [0.3, 0.4) is 0 Å². The molecule has 2 atom stereocenters. The van der Waals surface area contributed by atoms with E-state index in [1.165, 1.54) is 45.2 Å². The van der Waals surface area contributed by atoms with E-state index >= 15 is 0 Å². The molecule has 0 spiro atoms. The Morgan fingerprint density at radius 2 is 1.85 bits per heavy atom. The van der Waals surface area contributed by atoms with E-state index in [9.17, 15) is 0 Å². The zero-order chi connectivity index (χ0) is 9.52. The molecule has 0 saturated heterocycles. The first-order valence-corrected chi connectivity index (χ1v) is 5.66. The van der Waals surface area contributed by atoms with E-state index in [4.69, 9.17) is 0 Å². The number of rotatable bonds is 5. The third-order valence-electron chi connectivity index (χ3n) is 3.19. The van der Waals surface area contributed by atoms with Crippen molar-refractivity contribution in [3.05, 3.63) is 0 Å². The van der Waals surface area contributed by atoms with E-state index in [1.807, 2.05) is 7.05 Å². The van der Waals surface area contributed by atoms with E-state index in [0.717, 1.165) is 11.8 Å². The van der Waals surface area contributed by atoms with Crippen molar-refractivity contribution in [1.29, 1.82) is 0 Å². The molecule has 13 heavy (non-hydrogen) atoms. The molecule has 2 unspecified atom stereocenters. The first-order chi connectivity index (χ1) is 6.36. The fraction of sp³-hybridized carbons (Fsp3) is 1.00. The molecule has 0 aliphatic heterocycles. The summed E-state index contributed by atoms with van der Waals surface area (Å²) in [6.07, 6.45) is 7.17. The summed E-state index contributed by atoms with van der Waals surface area (Å²) in [4.78, 5) is 0. The van der Waals surface area contributed by atoms with Crippen molar-refractivity contribution >= 4 is 0 Å². The Kier molecular flexibility index (Phi) is 5.40. The SMILES string of the molecule is CNCCC1CCCC(CNC)C1. The highest BCUT2D eigenvalue weighted by molar-refractivity contribution is 4.74. The molecule has 0 bridgehead atoms. The molecule has 0 heterocycles. The van der Waals surface area contributed by atoms with Crippen LogP contribution < -0.4 is 10.6 Å². The highest BCUT2D eigenvalue weighted by Gasteiger charge is 2.20. The Labute approximate surface area is 82.5 Å². The molecule has 2 heteroatoms. The molecule has 0 amide bonds. The van der Waals surface area contributed by atoms with Gasteiger partial charge in [-0.1, -0.05) is 12.8 Å². The van der Waals surface area contributed by atoms with Crippen molar-refractivity contribution in [2.24, 2.45) is 11.8 Å². The minimum Gasteiger partial charge on any atom is -0.320 e. The molecule has 78 valence electrons. The van der Waals surface area contributed by atoms with Gasteiger partial charge in [0.25, 0.3) is 0 Å². The van der Waals surface area contributed by atoms with Crippen LogP contribution in [0.15, 0.2) is 0 Å². The summed E-state index contributed by atoms with van der Waals surface area (Å²) >= 11 is 0. The van der Waals surface area contributed by atoms with Crippen molar-refractivity contribution in [2.75, 3.05) is 27.2 Å². The molecule has 1 aliphatic rings. The van der Waals surface area contributed by atoms with Crippen molar-refractivity contribution in [3.63, 3.8) is 0 Å². The molecule has 2 nitrogen and oxygen atoms in total. The lowest BCUT2D eigenvalue weighted by Crippen LogP contribution is -2.26. The topological polar surface area (TPSA) is 24.1 Å². The van der Waals surface area contributed by atoms with Crippen LogP contribution in [-0.2, 0) is 0 Å². The fourth-order valence-electron chi connectivity index (χ4n) is 2.49. The van der Waals surface area contributed by atoms with Gasteiger partial charge in [0.1, 0.15) is 0 Å². The smallest absolute Gasteiger partial charge is 0.00234 e. The van der Waals surface area contributed by atoms with Gasteiger partial charge in [-0.2, -0.15) is 0 Å². The van der Waals surface area contributed by atoms with Gasteiger partial charge in [0, 0.05) is 0 Å². The maximum Gasteiger partial charge on any atom is -0.00234 e. The molecule has 2 N–H and O–H groups in total. The van der Waals surface area contributed by atoms with Gasteiger partial charge in [0.15, 0.2) is 0 Å². The minimum atomic E-state index is 0.945. The second-order valence-electron chi connectivity index (χ2n) is 4.35. The summed E-state index contributed by atoms with van der Waals surface area (Å²) in [5.41, 5.74) is 0. The average molecular weight is 184 g/mol. The number of hydrogen-bond acceptors (Lipinski definition) is 2. The number of hydrogen-bond donors (Lipinski definition) is 2. The summed E-state index contributed by atoms with van der Waals surface area (Å²) in [5.74, 6) is 1.93. The Morgan fingerprint density at radius 1 is 1.08 bits per heavy atom. The lowest BCUT2D eigenvalue weighted by molar-refractivity contribution is 0.251. The maximum atomic E-state index is 3.30. The minimum absolute atomic E-state index is 0.945. The summed E-state index contributed by atoms with van der Waals surface area (Å²) in [5, 5.41) is 6.54. The van der Waals surface area contributed by atoms with Gasteiger partial charge < -0.3 is 10.6 Å². The molecule has 0 aromatic carbocycles. The zero-order valence-corrected chi connectivity index (χ0v) is 9.10. The van der Waals surface area contributed by atoms with Gasteiger partial charge in [-0.15, -0.1) is 0 Å². The van der Waals surface area contributed by atoms with Gasteiger partial charge in [0.05, 0.1) is 0 Å². The largest absolute Gasteiger partial charge is 0.320 e. The third-order valence-corrected chi connectivity index (χ3v) is 3.19. The first-order valence-electron chi connectivity index (χ1n) is 5.66. The molecule has 0 aromatic heterocycles. The van der Waals surface area contributed by atoms with Gasteiger partial charge in [-0.3, -0.25) is 0 Å². The summed E-state index contributed by atoms with van der Waals surface area (Å²) in [6, 6.07) is 0. The molecule has 1 rings (SSSR count). The van der Waals surface area contributed by atoms with Gasteiger partial charge in [-0.25, -0.2) is 0 Å². The third kappa shape index (κ3) is 4.10. The lowest BCUT2D eigenvalue weighted by Gasteiger charge is -2.28. The normalized spacial score (nSPS) is 29.1. The maximum absolute atomic E-state index is 3.30. The highest BCUT2D eigenvalue weighted by atomic mass is 14.8. The van der Waals surface area contributed by atoms with Crippen LogP contribution in [0, 0.1) is 11.8 Å². The molecule has 1 saturated carbocycles. The Balaban J connectivity index is 2.16. The molecular formula is C11H24N2. The van der Waals surface area contributed by atoms with E-state index in [0.29, 0.717) is 0 Å². The summed E-state index contributed by atoms with van der Waals surface area (Å²) in [6.45, 7) is 2.41. The number of nitrogens with one attached hydrogen (secondary N) is 2. The van der Waals surface area contributed by atoms with Gasteiger partial charge >= 0.3 is 0 Å². The molecular weight excluding hydrogens is 160 g/mol. The van der Waals surface area contributed by atoms with Gasteiger partial charge in [-0.05, 0) is 58.3 Å². The van der Waals surface area contributed by atoms with Crippen LogP contribution in [0.4, 0.5) is 0 Å². The van der Waals surface area contributed by atoms with Crippen LogP contribution in [0.5, 0.6) is 0 Å². The van der Waals surface area contributed by atoms with Crippen LogP contribution in [0.2, 0.25) is 0 Å². The summed E-state index contributed by atoms with van der Waals surface area (Å²) in [7, 11) is 4.12. The van der Waals surface area contributed by atoms with Crippen LogP contribution in [0.25, 0.3) is 0 Å². The quantitative estimate of drug-likeness (QED) is 0.678. The van der Waals surface area contributed by atoms with E-state index < -0.39 is 0 Å². The van der Waals surface area contributed by atoms with E-state index in [1.54, 1.807) is 0 Å². The lowest BCUT2D eigenvalue weighted by atomic mass is 9.80. The van der Waals surface area contributed by atoms with E-state index in [2.05, 4.69) is 17.7 Å². The average Bonchev–Trinajstić information content (AvgIpc) is 2.16. The second-order valence-corrected chi connectivity index (χ2v) is 4.35. The van der Waals surface area contributed by atoms with Crippen molar-refractivity contribution in [2.45, 2.75) is 32.1 Å². The van der Waals surface area contributed by atoms with Crippen molar-refractivity contribution in [1.82, 2.24) is 10.6 Å². The standard InChI is InChI=1S/C11H24N2/c1-12-7-6-10-4-3-5-11(8-10)9-13-2/h10-13H,3-9H2,1-2H3. The van der Waals surface area contributed by atoms with Gasteiger partial charge in [0.2, 0.25) is 0 Å². The molecule has 0 radical (unpaired) electrons. The van der Waals surface area contributed by atoms with Crippen LogP contribution >= 0.6 is 0 Å². The molecule has 1 fully saturated rings. The Hall–Kier alpha value is -0.0800. The Morgan fingerprint density at radius 3 is 2.54 bits per heavy atom. The molecule has 0 aromatic rings. The summed E-state index contributed by atoms with van der Waals surface area (Å²) < 4.78 is 0. The van der Waals surface area contributed by atoms with Crippen LogP contribution in [0.1, 0.15) is 32.1 Å². The van der Waals surface area contributed by atoms with Crippen LogP contribution in [-0.4, -0.2) is 27.2 Å². The van der Waals surface area contributed by atoms with Crippen molar-refractivity contribution < 1.29 is 0 Å². The second kappa shape index (κ2) is 6.39. The Bertz CT molecular complexity index is 123. The predicted molar refractivity (Wildman–Crippen MR) is 57.9 cm³/mol. The predicted octanol–water partition coefficient (Wildman–Crippen LogP) is 1.62. The monoisotopic (exact) mass is 184 g/mol. The fourth-order valence-corrected chi connectivity index (χ4v) is 2.49.